The minimum atomic E-state index is -0.236. The molecule has 0 unspecified atom stereocenters. The summed E-state index contributed by atoms with van der Waals surface area (Å²) in [5, 5.41) is 10.1. The molecule has 21 heavy (non-hydrogen) atoms. The summed E-state index contributed by atoms with van der Waals surface area (Å²) in [6.07, 6.45) is 2.95. The number of benzene rings is 1. The number of aromatic nitrogens is 1. The van der Waals surface area contributed by atoms with Gasteiger partial charge in [-0.3, -0.25) is 4.79 Å². The maximum Gasteiger partial charge on any atom is 0.199 e. The smallest absolute Gasteiger partial charge is 0.199 e. The number of pyridine rings is 1. The SMILES string of the molecule is O=C1C(C=Nc2ncc(Br)cc2Br)=C(O)c2ccccc21. The fourth-order valence-electron chi connectivity index (χ4n) is 2.03. The first-order valence-electron chi connectivity index (χ1n) is 6.00. The standard InChI is InChI=1S/C15H8Br2N2O2/c16-8-5-12(17)15(18-6-8)19-7-11-13(20)9-3-1-2-4-10(9)14(11)21/h1-7,20H. The van der Waals surface area contributed by atoms with Crippen LogP contribution in [0, 0.1) is 0 Å². The Morgan fingerprint density at radius 1 is 1.19 bits per heavy atom. The zero-order chi connectivity index (χ0) is 15.0. The summed E-state index contributed by atoms with van der Waals surface area (Å²) in [6, 6.07) is 8.73. The molecule has 0 aliphatic heterocycles. The lowest BCUT2D eigenvalue weighted by Gasteiger charge is -1.98. The number of allylic oxidation sites excluding steroid dienone is 1. The third-order valence-electron chi connectivity index (χ3n) is 3.03. The molecule has 1 aliphatic carbocycles. The van der Waals surface area contributed by atoms with Gasteiger partial charge in [-0.05, 0) is 37.9 Å². The molecule has 3 rings (SSSR count). The monoisotopic (exact) mass is 406 g/mol. The second-order valence-electron chi connectivity index (χ2n) is 4.35. The van der Waals surface area contributed by atoms with Gasteiger partial charge in [0.2, 0.25) is 0 Å². The Labute approximate surface area is 137 Å². The highest BCUT2D eigenvalue weighted by Crippen LogP contribution is 2.31. The van der Waals surface area contributed by atoms with Crippen molar-refractivity contribution in [1.29, 1.82) is 0 Å². The third-order valence-corrected chi connectivity index (χ3v) is 4.05. The highest BCUT2D eigenvalue weighted by molar-refractivity contribution is 9.11. The molecular formula is C15H8Br2N2O2. The number of Topliss-reactive ketones (excluding diaryl/α,β-unsaturated/α-hetero) is 1. The number of rotatable bonds is 2. The molecular weight excluding hydrogens is 400 g/mol. The minimum absolute atomic E-state index is 0.0485. The number of aliphatic imine (C=N–C) groups is 1. The van der Waals surface area contributed by atoms with Gasteiger partial charge < -0.3 is 5.11 Å². The van der Waals surface area contributed by atoms with Gasteiger partial charge in [-0.2, -0.15) is 0 Å². The van der Waals surface area contributed by atoms with Crippen LogP contribution in [0.15, 0.2) is 56.0 Å². The van der Waals surface area contributed by atoms with Crippen molar-refractivity contribution in [3.63, 3.8) is 0 Å². The molecule has 1 aromatic heterocycles. The number of carbonyl (C=O) groups excluding carboxylic acids is 1. The van der Waals surface area contributed by atoms with E-state index in [-0.39, 0.29) is 17.1 Å². The van der Waals surface area contributed by atoms with E-state index in [4.69, 9.17) is 0 Å². The third kappa shape index (κ3) is 2.56. The van der Waals surface area contributed by atoms with Crippen LogP contribution >= 0.6 is 31.9 Å². The molecule has 104 valence electrons. The normalized spacial score (nSPS) is 14.1. The van der Waals surface area contributed by atoms with Gasteiger partial charge in [0.15, 0.2) is 11.6 Å². The molecule has 0 bridgehead atoms. The van der Waals surface area contributed by atoms with E-state index < -0.39 is 0 Å². The quantitative estimate of drug-likeness (QED) is 0.746. The number of fused-ring (bicyclic) bond motifs is 1. The molecule has 4 nitrogen and oxygen atoms in total. The predicted molar refractivity (Wildman–Crippen MR) is 88.1 cm³/mol. The molecule has 0 fully saturated rings. The summed E-state index contributed by atoms with van der Waals surface area (Å²) in [4.78, 5) is 20.5. The zero-order valence-corrected chi connectivity index (χ0v) is 13.7. The molecule has 1 aromatic carbocycles. The van der Waals surface area contributed by atoms with Gasteiger partial charge >= 0.3 is 0 Å². The maximum atomic E-state index is 12.2. The van der Waals surface area contributed by atoms with Gasteiger partial charge in [0.05, 0.1) is 10.0 Å². The topological polar surface area (TPSA) is 62.5 Å². The van der Waals surface area contributed by atoms with Crippen LogP contribution in [0.2, 0.25) is 0 Å². The number of nitrogens with zero attached hydrogens (tertiary/aromatic N) is 2. The van der Waals surface area contributed by atoms with Gasteiger partial charge in [0.25, 0.3) is 0 Å². The molecule has 1 N–H and O–H groups in total. The van der Waals surface area contributed by atoms with Gasteiger partial charge in [-0.15, -0.1) is 0 Å². The van der Waals surface area contributed by atoms with Crippen LogP contribution in [0.25, 0.3) is 5.76 Å². The summed E-state index contributed by atoms with van der Waals surface area (Å²) in [6.45, 7) is 0. The highest BCUT2D eigenvalue weighted by atomic mass is 79.9. The zero-order valence-electron chi connectivity index (χ0n) is 10.5. The summed E-state index contributed by atoms with van der Waals surface area (Å²) in [5.74, 6) is 0.148. The van der Waals surface area contributed by atoms with Gasteiger partial charge in [-0.1, -0.05) is 24.3 Å². The van der Waals surface area contributed by atoms with Gasteiger partial charge in [-0.25, -0.2) is 9.98 Å². The molecule has 0 radical (unpaired) electrons. The van der Waals surface area contributed by atoms with Crippen molar-refractivity contribution in [2.24, 2.45) is 4.99 Å². The van der Waals surface area contributed by atoms with Crippen molar-refractivity contribution < 1.29 is 9.90 Å². The van der Waals surface area contributed by atoms with E-state index in [0.29, 0.717) is 21.4 Å². The molecule has 0 atom stereocenters. The van der Waals surface area contributed by atoms with Crippen molar-refractivity contribution in [2.75, 3.05) is 0 Å². The predicted octanol–water partition coefficient (Wildman–Crippen LogP) is 4.47. The number of hydrogen-bond acceptors (Lipinski definition) is 4. The Bertz CT molecular complexity index is 813. The number of ketones is 1. The first kappa shape index (κ1) is 14.2. The highest BCUT2D eigenvalue weighted by Gasteiger charge is 2.27. The van der Waals surface area contributed by atoms with E-state index in [1.165, 1.54) is 6.21 Å². The summed E-state index contributed by atoms with van der Waals surface area (Å²) in [5.41, 5.74) is 1.19. The Morgan fingerprint density at radius 2 is 1.90 bits per heavy atom. The molecule has 2 aromatic rings. The largest absolute Gasteiger partial charge is 0.506 e. The van der Waals surface area contributed by atoms with E-state index >= 15 is 0 Å². The fourth-order valence-corrected chi connectivity index (χ4v) is 3.12. The van der Waals surface area contributed by atoms with E-state index in [2.05, 4.69) is 41.8 Å². The van der Waals surface area contributed by atoms with Gasteiger partial charge in [0, 0.05) is 28.0 Å². The Kier molecular flexibility index (Phi) is 3.73. The van der Waals surface area contributed by atoms with Crippen LogP contribution < -0.4 is 0 Å². The maximum absolute atomic E-state index is 12.2. The lowest BCUT2D eigenvalue weighted by molar-refractivity contribution is 0.104. The minimum Gasteiger partial charge on any atom is -0.506 e. The molecule has 0 spiro atoms. The summed E-state index contributed by atoms with van der Waals surface area (Å²) >= 11 is 6.65. The second-order valence-corrected chi connectivity index (χ2v) is 6.12. The van der Waals surface area contributed by atoms with Crippen molar-refractivity contribution in [3.05, 3.63) is 62.2 Å². The number of carbonyl (C=O) groups is 1. The van der Waals surface area contributed by atoms with Crippen LogP contribution in [-0.4, -0.2) is 22.1 Å². The first-order chi connectivity index (χ1) is 10.1. The van der Waals surface area contributed by atoms with Crippen LogP contribution in [-0.2, 0) is 0 Å². The molecule has 1 heterocycles. The van der Waals surface area contributed by atoms with Crippen molar-refractivity contribution in [1.82, 2.24) is 4.98 Å². The van der Waals surface area contributed by atoms with Crippen LogP contribution in [0.3, 0.4) is 0 Å². The molecule has 0 saturated carbocycles. The molecule has 6 heteroatoms. The lowest BCUT2D eigenvalue weighted by Crippen LogP contribution is -1.99. The molecule has 1 aliphatic rings. The average molecular weight is 408 g/mol. The number of aliphatic hydroxyl groups is 1. The summed E-state index contributed by atoms with van der Waals surface area (Å²) in [7, 11) is 0. The van der Waals surface area contributed by atoms with Crippen LogP contribution in [0.5, 0.6) is 0 Å². The number of hydrogen-bond donors (Lipinski definition) is 1. The number of aliphatic hydroxyl groups excluding tert-OH is 1. The van der Waals surface area contributed by atoms with Crippen molar-refractivity contribution in [2.45, 2.75) is 0 Å². The molecule has 0 saturated heterocycles. The van der Waals surface area contributed by atoms with Crippen LogP contribution in [0.1, 0.15) is 15.9 Å². The van der Waals surface area contributed by atoms with Crippen molar-refractivity contribution in [3.8, 4) is 0 Å². The van der Waals surface area contributed by atoms with Gasteiger partial charge in [0.1, 0.15) is 5.76 Å². The van der Waals surface area contributed by atoms with Crippen LogP contribution in [0.4, 0.5) is 5.82 Å². The number of halogens is 2. The summed E-state index contributed by atoms with van der Waals surface area (Å²) < 4.78 is 1.51. The Morgan fingerprint density at radius 3 is 2.57 bits per heavy atom. The Balaban J connectivity index is 1.98. The van der Waals surface area contributed by atoms with E-state index in [1.54, 1.807) is 36.5 Å². The second kappa shape index (κ2) is 5.54. The first-order valence-corrected chi connectivity index (χ1v) is 7.59. The average Bonchev–Trinajstić information content (AvgIpc) is 2.71. The Hall–Kier alpha value is -1.79. The van der Waals surface area contributed by atoms with Crippen molar-refractivity contribution >= 4 is 55.4 Å². The molecule has 0 amide bonds. The fraction of sp³-hybridized carbons (Fsp3) is 0. The lowest BCUT2D eigenvalue weighted by atomic mass is 10.1. The van der Waals surface area contributed by atoms with E-state index in [0.717, 1.165) is 4.47 Å². The van der Waals surface area contributed by atoms with E-state index in [1.807, 2.05) is 0 Å². The van der Waals surface area contributed by atoms with E-state index in [9.17, 15) is 9.90 Å².